The summed E-state index contributed by atoms with van der Waals surface area (Å²) in [6.07, 6.45) is 0. The number of Topliss-reactive ketones (excluding diaryl/α,β-unsaturated/α-hetero) is 3. The lowest BCUT2D eigenvalue weighted by atomic mass is 9.71. The van der Waals surface area contributed by atoms with Crippen LogP contribution >= 0.6 is 0 Å². The van der Waals surface area contributed by atoms with Crippen LogP contribution < -0.4 is 0 Å². The minimum absolute atomic E-state index is 0.306. The molecule has 1 unspecified atom stereocenters. The Hall–Kier alpha value is -4.15. The van der Waals surface area contributed by atoms with Crippen molar-refractivity contribution >= 4 is 17.3 Å². The first-order chi connectivity index (χ1) is 16.1. The summed E-state index contributed by atoms with van der Waals surface area (Å²) in [5.41, 5.74) is 1.16. The Morgan fingerprint density at radius 2 is 1.12 bits per heavy atom. The van der Waals surface area contributed by atoms with Crippen molar-refractivity contribution in [2.45, 2.75) is 5.60 Å². The average molecular weight is 432 g/mol. The monoisotopic (exact) mass is 432 g/mol. The van der Waals surface area contributed by atoms with Crippen LogP contribution in [0.3, 0.4) is 0 Å². The van der Waals surface area contributed by atoms with E-state index in [4.69, 9.17) is 4.74 Å². The summed E-state index contributed by atoms with van der Waals surface area (Å²) in [7, 11) is 0. The van der Waals surface area contributed by atoms with Crippen molar-refractivity contribution in [3.8, 4) is 11.1 Å². The van der Waals surface area contributed by atoms with Gasteiger partial charge in [0.1, 0.15) is 6.61 Å². The molecule has 4 heteroatoms. The van der Waals surface area contributed by atoms with Gasteiger partial charge in [-0.2, -0.15) is 0 Å². The molecule has 1 aliphatic rings. The van der Waals surface area contributed by atoms with E-state index in [0.717, 1.165) is 11.1 Å². The van der Waals surface area contributed by atoms with Gasteiger partial charge in [-0.15, -0.1) is 0 Å². The molecule has 0 saturated carbocycles. The Kier molecular flexibility index (Phi) is 5.29. The van der Waals surface area contributed by atoms with E-state index in [1.165, 1.54) is 0 Å². The van der Waals surface area contributed by atoms with Gasteiger partial charge in [-0.3, -0.25) is 14.4 Å². The summed E-state index contributed by atoms with van der Waals surface area (Å²) < 4.78 is 6.15. The number of carbonyl (C=O) groups excluding carboxylic acids is 3. The summed E-state index contributed by atoms with van der Waals surface area (Å²) in [6.45, 7) is -0.412. The van der Waals surface area contributed by atoms with Crippen LogP contribution in [-0.4, -0.2) is 24.0 Å². The van der Waals surface area contributed by atoms with Gasteiger partial charge in [0.15, 0.2) is 5.78 Å². The van der Waals surface area contributed by atoms with E-state index in [0.29, 0.717) is 22.3 Å². The minimum atomic E-state index is -1.96. The first-order valence-corrected chi connectivity index (χ1v) is 10.7. The van der Waals surface area contributed by atoms with Crippen LogP contribution in [0.25, 0.3) is 11.1 Å². The number of fused-ring (bicyclic) bond motifs is 3. The van der Waals surface area contributed by atoms with Gasteiger partial charge in [-0.1, -0.05) is 109 Å². The maximum Gasteiger partial charge on any atom is 0.220 e. The number of carbonyl (C=O) groups is 3. The first kappa shape index (κ1) is 20.7. The summed E-state index contributed by atoms with van der Waals surface area (Å²) in [4.78, 5) is 40.9. The zero-order valence-electron chi connectivity index (χ0n) is 17.7. The third-order valence-electron chi connectivity index (χ3n) is 5.96. The average Bonchev–Trinajstić information content (AvgIpc) is 2.89. The molecule has 1 aliphatic carbocycles. The minimum Gasteiger partial charge on any atom is -0.346 e. The smallest absolute Gasteiger partial charge is 0.220 e. The molecule has 1 atom stereocenters. The summed E-state index contributed by atoms with van der Waals surface area (Å²) >= 11 is 0. The summed E-state index contributed by atoms with van der Waals surface area (Å²) in [5.74, 6) is -1.26. The Morgan fingerprint density at radius 3 is 1.79 bits per heavy atom. The van der Waals surface area contributed by atoms with Crippen molar-refractivity contribution in [2.75, 3.05) is 6.61 Å². The van der Waals surface area contributed by atoms with E-state index >= 15 is 0 Å². The van der Waals surface area contributed by atoms with Gasteiger partial charge in [0.05, 0.1) is 0 Å². The molecule has 0 spiro atoms. The third kappa shape index (κ3) is 3.41. The SMILES string of the molecule is O=C(COC1(C(=O)c2ccccc2)C(=O)c2ccccc2-c2ccccc21)c1ccccc1. The Morgan fingerprint density at radius 1 is 0.606 bits per heavy atom. The molecule has 4 aromatic rings. The van der Waals surface area contributed by atoms with Gasteiger partial charge >= 0.3 is 0 Å². The van der Waals surface area contributed by atoms with E-state index in [-0.39, 0.29) is 5.78 Å². The van der Waals surface area contributed by atoms with Crippen LogP contribution in [-0.2, 0) is 10.3 Å². The molecule has 0 bridgehead atoms. The molecule has 4 nitrogen and oxygen atoms in total. The molecule has 0 fully saturated rings. The quantitative estimate of drug-likeness (QED) is 0.297. The fraction of sp³-hybridized carbons (Fsp3) is 0.0690. The number of hydrogen-bond acceptors (Lipinski definition) is 4. The van der Waals surface area contributed by atoms with Gasteiger partial charge in [0.25, 0.3) is 0 Å². The van der Waals surface area contributed by atoms with Crippen LogP contribution in [0.1, 0.15) is 36.6 Å². The molecule has 0 aliphatic heterocycles. The molecule has 0 aromatic heterocycles. The number of benzene rings is 4. The second kappa shape index (κ2) is 8.41. The molecule has 4 aromatic carbocycles. The van der Waals surface area contributed by atoms with Crippen molar-refractivity contribution in [1.29, 1.82) is 0 Å². The number of hydrogen-bond donors (Lipinski definition) is 0. The highest BCUT2D eigenvalue weighted by molar-refractivity contribution is 6.27. The molecule has 0 heterocycles. The van der Waals surface area contributed by atoms with E-state index < -0.39 is 23.8 Å². The lowest BCUT2D eigenvalue weighted by molar-refractivity contribution is -0.0110. The Bertz CT molecular complexity index is 1350. The van der Waals surface area contributed by atoms with Crippen molar-refractivity contribution in [2.24, 2.45) is 0 Å². The van der Waals surface area contributed by atoms with E-state index in [2.05, 4.69) is 0 Å². The van der Waals surface area contributed by atoms with Crippen molar-refractivity contribution in [3.63, 3.8) is 0 Å². The molecular formula is C29H20O4. The molecule has 0 saturated heterocycles. The maximum absolute atomic E-state index is 14.0. The highest BCUT2D eigenvalue weighted by atomic mass is 16.5. The van der Waals surface area contributed by atoms with Crippen LogP contribution in [0.4, 0.5) is 0 Å². The van der Waals surface area contributed by atoms with E-state index in [1.54, 1.807) is 78.9 Å². The van der Waals surface area contributed by atoms with E-state index in [1.807, 2.05) is 30.3 Å². The Balaban J connectivity index is 1.68. The first-order valence-electron chi connectivity index (χ1n) is 10.7. The second-order valence-electron chi connectivity index (χ2n) is 7.87. The molecule has 0 radical (unpaired) electrons. The zero-order chi connectivity index (χ0) is 22.8. The van der Waals surface area contributed by atoms with Gasteiger partial charge in [-0.25, -0.2) is 0 Å². The lowest BCUT2D eigenvalue weighted by Gasteiger charge is -2.37. The fourth-order valence-corrected chi connectivity index (χ4v) is 4.36. The number of rotatable bonds is 6. The van der Waals surface area contributed by atoms with Gasteiger partial charge in [0, 0.05) is 22.3 Å². The highest BCUT2D eigenvalue weighted by Gasteiger charge is 2.53. The topological polar surface area (TPSA) is 60.4 Å². The molecular weight excluding hydrogens is 412 g/mol. The third-order valence-corrected chi connectivity index (χ3v) is 5.96. The van der Waals surface area contributed by atoms with Crippen molar-refractivity contribution in [3.05, 3.63) is 131 Å². The zero-order valence-corrected chi connectivity index (χ0v) is 17.7. The van der Waals surface area contributed by atoms with Crippen LogP contribution in [0.15, 0.2) is 109 Å². The summed E-state index contributed by atoms with van der Waals surface area (Å²) in [5, 5.41) is 0. The second-order valence-corrected chi connectivity index (χ2v) is 7.87. The summed E-state index contributed by atoms with van der Waals surface area (Å²) in [6, 6.07) is 31.7. The lowest BCUT2D eigenvalue weighted by Crippen LogP contribution is -2.49. The Labute approximate surface area is 191 Å². The number of ketones is 3. The van der Waals surface area contributed by atoms with Gasteiger partial charge in [-0.05, 0) is 11.1 Å². The van der Waals surface area contributed by atoms with Gasteiger partial charge in [0.2, 0.25) is 17.2 Å². The van der Waals surface area contributed by atoms with Gasteiger partial charge < -0.3 is 4.74 Å². The predicted octanol–water partition coefficient (Wildman–Crippen LogP) is 5.53. The molecule has 160 valence electrons. The van der Waals surface area contributed by atoms with Crippen LogP contribution in [0.5, 0.6) is 0 Å². The van der Waals surface area contributed by atoms with Crippen LogP contribution in [0.2, 0.25) is 0 Å². The standard InChI is InChI=1S/C29H20O4/c30-26(20-11-3-1-4-12-20)19-33-29(27(31)21-13-5-2-6-14-21)25-18-10-9-16-23(25)22-15-7-8-17-24(22)28(29)32/h1-18H,19H2. The predicted molar refractivity (Wildman–Crippen MR) is 125 cm³/mol. The molecule has 33 heavy (non-hydrogen) atoms. The molecule has 0 N–H and O–H groups in total. The van der Waals surface area contributed by atoms with E-state index in [9.17, 15) is 14.4 Å². The van der Waals surface area contributed by atoms with Crippen molar-refractivity contribution in [1.82, 2.24) is 0 Å². The fourth-order valence-electron chi connectivity index (χ4n) is 4.36. The maximum atomic E-state index is 14.0. The largest absolute Gasteiger partial charge is 0.346 e. The number of ether oxygens (including phenoxy) is 1. The molecule has 0 amide bonds. The highest BCUT2D eigenvalue weighted by Crippen LogP contribution is 2.45. The normalized spacial score (nSPS) is 16.5. The molecule has 5 rings (SSSR count). The van der Waals surface area contributed by atoms with Crippen LogP contribution in [0, 0.1) is 0 Å². The van der Waals surface area contributed by atoms with Crippen molar-refractivity contribution < 1.29 is 19.1 Å².